The molecular weight excluding hydrogens is 438 g/mol. The highest BCUT2D eigenvalue weighted by molar-refractivity contribution is 5.95. The van der Waals surface area contributed by atoms with Crippen LogP contribution in [-0.4, -0.2) is 81.8 Å². The molecule has 0 fully saturated rings. The minimum Gasteiger partial charge on any atom is -0.481 e. The first kappa shape index (κ1) is 30.2. The quantitative estimate of drug-likeness (QED) is 0.113. The maximum Gasteiger partial charge on any atom is 0.326 e. The van der Waals surface area contributed by atoms with Gasteiger partial charge in [0.1, 0.15) is 24.2 Å². The molecular formula is C20H37N5O8. The highest BCUT2D eigenvalue weighted by atomic mass is 16.4. The number of hydrogen-bond donors (Lipinski definition) is 8. The number of aliphatic hydroxyl groups is 1. The first-order valence-electron chi connectivity index (χ1n) is 10.8. The Kier molecular flexibility index (Phi) is 13.9. The lowest BCUT2D eigenvalue weighted by Crippen LogP contribution is -2.58. The average molecular weight is 476 g/mol. The Hall–Kier alpha value is -2.77. The van der Waals surface area contributed by atoms with Crippen LogP contribution in [0.5, 0.6) is 0 Å². The molecule has 0 rings (SSSR count). The van der Waals surface area contributed by atoms with Crippen LogP contribution in [0, 0.1) is 5.92 Å². The summed E-state index contributed by atoms with van der Waals surface area (Å²) in [6.45, 7) is 5.19. The molecule has 0 saturated carbocycles. The molecule has 0 aliphatic rings. The van der Waals surface area contributed by atoms with E-state index in [1.165, 1.54) is 6.92 Å². The van der Waals surface area contributed by atoms with Gasteiger partial charge in [0.2, 0.25) is 17.7 Å². The van der Waals surface area contributed by atoms with E-state index < -0.39 is 66.4 Å². The van der Waals surface area contributed by atoms with Crippen molar-refractivity contribution in [1.29, 1.82) is 0 Å². The van der Waals surface area contributed by atoms with Crippen LogP contribution in [-0.2, 0) is 24.0 Å². The van der Waals surface area contributed by atoms with Crippen molar-refractivity contribution in [1.82, 2.24) is 16.0 Å². The zero-order chi connectivity index (χ0) is 25.7. The largest absolute Gasteiger partial charge is 0.481 e. The molecule has 0 aliphatic heterocycles. The fourth-order valence-corrected chi connectivity index (χ4v) is 2.87. The molecule has 0 aromatic carbocycles. The fraction of sp³-hybridized carbons (Fsp3) is 0.750. The van der Waals surface area contributed by atoms with E-state index in [0.29, 0.717) is 19.4 Å². The molecule has 0 radical (unpaired) electrons. The van der Waals surface area contributed by atoms with Gasteiger partial charge in [-0.15, -0.1) is 0 Å². The van der Waals surface area contributed by atoms with E-state index in [-0.39, 0.29) is 18.8 Å². The first-order valence-corrected chi connectivity index (χ1v) is 10.8. The van der Waals surface area contributed by atoms with Crippen LogP contribution < -0.4 is 27.4 Å². The number of rotatable bonds is 16. The second kappa shape index (κ2) is 15.1. The number of carboxylic acid groups (broad SMARTS) is 2. The molecule has 10 N–H and O–H groups in total. The second-order valence-electron chi connectivity index (χ2n) is 8.30. The van der Waals surface area contributed by atoms with Crippen molar-refractivity contribution in [3.63, 3.8) is 0 Å². The van der Waals surface area contributed by atoms with Crippen LogP contribution in [0.2, 0.25) is 0 Å². The van der Waals surface area contributed by atoms with Crippen LogP contribution in [0.25, 0.3) is 0 Å². The van der Waals surface area contributed by atoms with Gasteiger partial charge in [-0.1, -0.05) is 13.8 Å². The molecule has 0 heterocycles. The summed E-state index contributed by atoms with van der Waals surface area (Å²) in [6, 6.07) is -5.32. The van der Waals surface area contributed by atoms with Crippen molar-refractivity contribution in [3.05, 3.63) is 0 Å². The van der Waals surface area contributed by atoms with Gasteiger partial charge in [-0.25, -0.2) is 4.79 Å². The zero-order valence-corrected chi connectivity index (χ0v) is 19.2. The molecule has 0 saturated heterocycles. The van der Waals surface area contributed by atoms with Crippen LogP contribution >= 0.6 is 0 Å². The van der Waals surface area contributed by atoms with Gasteiger partial charge in [-0.2, -0.15) is 0 Å². The molecule has 33 heavy (non-hydrogen) atoms. The Labute approximate surface area is 192 Å². The highest BCUT2D eigenvalue weighted by Gasteiger charge is 2.32. The number of hydrogen-bond acceptors (Lipinski definition) is 8. The minimum atomic E-state index is -1.57. The van der Waals surface area contributed by atoms with Crippen molar-refractivity contribution in [2.45, 2.75) is 83.1 Å². The van der Waals surface area contributed by atoms with Crippen LogP contribution in [0.4, 0.5) is 0 Å². The third-order valence-corrected chi connectivity index (χ3v) is 4.74. The molecule has 0 aromatic heterocycles. The van der Waals surface area contributed by atoms with E-state index in [9.17, 15) is 34.2 Å². The van der Waals surface area contributed by atoms with E-state index in [0.717, 1.165) is 0 Å². The third kappa shape index (κ3) is 12.2. The normalized spacial score (nSPS) is 15.6. The predicted octanol–water partition coefficient (Wildman–Crippen LogP) is -2.12. The van der Waals surface area contributed by atoms with E-state index in [1.54, 1.807) is 13.8 Å². The fourth-order valence-electron chi connectivity index (χ4n) is 2.87. The Morgan fingerprint density at radius 1 is 0.818 bits per heavy atom. The number of amides is 3. The van der Waals surface area contributed by atoms with Gasteiger partial charge in [0, 0.05) is 0 Å². The smallest absolute Gasteiger partial charge is 0.326 e. The highest BCUT2D eigenvalue weighted by Crippen LogP contribution is 2.08. The summed E-state index contributed by atoms with van der Waals surface area (Å²) in [5, 5.41) is 34.9. The summed E-state index contributed by atoms with van der Waals surface area (Å²) in [5.74, 6) is -5.37. The molecule has 190 valence electrons. The van der Waals surface area contributed by atoms with Crippen LogP contribution in [0.1, 0.15) is 52.9 Å². The van der Waals surface area contributed by atoms with E-state index in [1.807, 2.05) is 0 Å². The number of carboxylic acids is 2. The Morgan fingerprint density at radius 2 is 1.33 bits per heavy atom. The monoisotopic (exact) mass is 475 g/mol. The van der Waals surface area contributed by atoms with Gasteiger partial charge in [0.25, 0.3) is 0 Å². The Bertz CT molecular complexity index is 685. The number of nitrogens with two attached hydrogens (primary N) is 2. The molecule has 0 spiro atoms. The average Bonchev–Trinajstić information content (AvgIpc) is 2.70. The minimum absolute atomic E-state index is 0.0854. The van der Waals surface area contributed by atoms with Crippen molar-refractivity contribution in [3.8, 4) is 0 Å². The van der Waals surface area contributed by atoms with Gasteiger partial charge in [0.05, 0.1) is 12.5 Å². The van der Waals surface area contributed by atoms with Gasteiger partial charge >= 0.3 is 11.9 Å². The molecule has 0 aliphatic carbocycles. The van der Waals surface area contributed by atoms with Crippen LogP contribution in [0.3, 0.4) is 0 Å². The molecule has 0 bridgehead atoms. The molecule has 5 unspecified atom stereocenters. The Balaban J connectivity index is 5.48. The van der Waals surface area contributed by atoms with Gasteiger partial charge in [0.15, 0.2) is 0 Å². The third-order valence-electron chi connectivity index (χ3n) is 4.74. The van der Waals surface area contributed by atoms with Gasteiger partial charge in [-0.05, 0) is 45.1 Å². The number of aliphatic carboxylic acids is 2. The summed E-state index contributed by atoms with van der Waals surface area (Å²) in [7, 11) is 0. The summed E-state index contributed by atoms with van der Waals surface area (Å²) >= 11 is 0. The molecule has 13 nitrogen and oxygen atoms in total. The standard InChI is InChI=1S/C20H37N5O8/c1-10(2)8-13(17(29)23-12(20(32)33)6-4-5-7-21)24-18(30)14(9-15(27)28)25-19(31)16(22)11(3)26/h10-14,16,26H,4-9,21-22H2,1-3H3,(H,23,29)(H,24,30)(H,25,31)(H,27,28)(H,32,33). The van der Waals surface area contributed by atoms with Crippen molar-refractivity contribution in [2.24, 2.45) is 17.4 Å². The SMILES string of the molecule is CC(C)CC(NC(=O)C(CC(=O)O)NC(=O)C(N)C(C)O)C(=O)NC(CCCCN)C(=O)O. The molecule has 0 aromatic rings. The van der Waals surface area contributed by atoms with Crippen molar-refractivity contribution in [2.75, 3.05) is 6.54 Å². The number of aliphatic hydroxyl groups excluding tert-OH is 1. The summed E-state index contributed by atoms with van der Waals surface area (Å²) in [4.78, 5) is 60.3. The lowest BCUT2D eigenvalue weighted by molar-refractivity contribution is -0.143. The van der Waals surface area contributed by atoms with E-state index >= 15 is 0 Å². The summed E-state index contributed by atoms with van der Waals surface area (Å²) in [5.41, 5.74) is 10.9. The maximum absolute atomic E-state index is 12.8. The van der Waals surface area contributed by atoms with E-state index in [2.05, 4.69) is 16.0 Å². The topological polar surface area (TPSA) is 234 Å². The van der Waals surface area contributed by atoms with Gasteiger partial charge < -0.3 is 42.7 Å². The molecule has 13 heteroatoms. The Morgan fingerprint density at radius 3 is 1.79 bits per heavy atom. The molecule has 5 atom stereocenters. The second-order valence-corrected chi connectivity index (χ2v) is 8.30. The summed E-state index contributed by atoms with van der Waals surface area (Å²) in [6.07, 6.45) is -0.701. The number of carbonyl (C=O) groups is 5. The zero-order valence-electron chi connectivity index (χ0n) is 19.2. The lowest BCUT2D eigenvalue weighted by atomic mass is 10.0. The van der Waals surface area contributed by atoms with Crippen molar-refractivity contribution >= 4 is 29.7 Å². The number of unbranched alkanes of at least 4 members (excludes halogenated alkanes) is 1. The van der Waals surface area contributed by atoms with Crippen molar-refractivity contribution < 1.29 is 39.3 Å². The van der Waals surface area contributed by atoms with Gasteiger partial charge in [-0.3, -0.25) is 19.2 Å². The molecule has 3 amide bonds. The number of carbonyl (C=O) groups excluding carboxylic acids is 3. The number of nitrogens with one attached hydrogen (secondary N) is 3. The van der Waals surface area contributed by atoms with Crippen LogP contribution in [0.15, 0.2) is 0 Å². The van der Waals surface area contributed by atoms with E-state index in [4.69, 9.17) is 16.6 Å². The first-order chi connectivity index (χ1) is 15.3. The lowest BCUT2D eigenvalue weighted by Gasteiger charge is -2.26. The maximum atomic E-state index is 12.8. The predicted molar refractivity (Wildman–Crippen MR) is 118 cm³/mol. The summed E-state index contributed by atoms with van der Waals surface area (Å²) < 4.78 is 0.